The van der Waals surface area contributed by atoms with Crippen LogP contribution in [0, 0.1) is 0 Å². The van der Waals surface area contributed by atoms with Crippen molar-refractivity contribution >= 4 is 78.6 Å². The Labute approximate surface area is 650 Å². The summed E-state index contributed by atoms with van der Waals surface area (Å²) >= 11 is 0. The van der Waals surface area contributed by atoms with Crippen molar-refractivity contribution in [3.63, 3.8) is 0 Å². The average Bonchev–Trinajstić information content (AvgIpc) is 1.61. The molecule has 33 heteroatoms. The molecular formula is C80H85N27O5S. The maximum absolute atomic E-state index is 13.0. The lowest BCUT2D eigenvalue weighted by Crippen LogP contribution is -2.40. The van der Waals surface area contributed by atoms with Crippen LogP contribution >= 0.6 is 0 Å². The van der Waals surface area contributed by atoms with Crippen molar-refractivity contribution in [1.82, 2.24) is 112 Å². The second-order valence-corrected chi connectivity index (χ2v) is 29.5. The van der Waals surface area contributed by atoms with Crippen LogP contribution in [0.2, 0.25) is 0 Å². The van der Waals surface area contributed by atoms with E-state index in [-0.39, 0.29) is 18.1 Å². The van der Waals surface area contributed by atoms with Crippen molar-refractivity contribution in [3.05, 3.63) is 232 Å². The number of rotatable bonds is 19. The highest BCUT2D eigenvalue weighted by Gasteiger charge is 2.27. The Morgan fingerprint density at radius 1 is 0.460 bits per heavy atom. The minimum Gasteiger partial charge on any atom is -0.491 e. The fraction of sp³-hybridized carbons (Fsp3) is 0.250. The van der Waals surface area contributed by atoms with Gasteiger partial charge in [0.1, 0.15) is 12.4 Å². The Kier molecular flexibility index (Phi) is 22.1. The number of aliphatic hydroxyl groups is 1. The third-order valence-electron chi connectivity index (χ3n) is 19.8. The van der Waals surface area contributed by atoms with Crippen LogP contribution in [0.4, 0.5) is 46.0 Å². The molecule has 7 N–H and O–H groups in total. The number of aryl methyl sites for hydroxylation is 4. The SMILES string of the molecule is Cn1cc(-c2cnc3c(Nc4ccc(OCCO)cc4)nccn23)cn1.Cn1cc(-c2cnc3c(Nc4cccc(C5CCCNC5)c4)nccn23)cn1.Cn1cc(-c2cnc3c(Nc4cccc(C5CCNCC5)c4)nccn23)cn1.Cn1cc(-c2cnc3c(Nc4cccc(S(=O)(=O)N5CCOCC5)c4)nccn23)cn1. The molecule has 3 saturated heterocycles. The average molecular weight is 1540 g/mol. The summed E-state index contributed by atoms with van der Waals surface area (Å²) in [6.07, 6.45) is 41.8. The predicted octanol–water partition coefficient (Wildman–Crippen LogP) is 10.8. The van der Waals surface area contributed by atoms with Gasteiger partial charge in [-0.25, -0.2) is 48.3 Å². The first-order valence-electron chi connectivity index (χ1n) is 37.3. The van der Waals surface area contributed by atoms with Gasteiger partial charge < -0.3 is 46.5 Å². The number of ether oxygens (including phenoxy) is 2. The standard InChI is InChI=1S/2C21H23N7.C20H21N7O3S.C18H18N6O2/c1-27-14-17(12-25-27)19-13-24-21-20(23-8-9-28(19)21)26-18-6-2-4-15(10-18)16-5-3-7-22-11-16;1-27-14-17(12-25-27)19-13-24-21-20(23-9-10-28(19)21)26-18-4-2-3-16(11-18)15-5-7-22-8-6-15;1-25-14-15(12-23-25)18-13-22-20-19(21-5-6-27(18)20)24-16-3-2-4-17(11-16)31(28,29)26-7-9-30-10-8-26;1-23-12-13(10-21-23)16-11-20-18-17(19-6-7-24(16)18)22-14-2-4-15(5-3-14)26-9-8-25/h2,4,6,8-10,12-14,16,22H,3,5,7,11H2,1H3,(H,23,26);2-4,9-15,22H,5-8H2,1H3,(H,23,26);2-6,11-14H,7-10H2,1H3,(H,21,24);2-7,10-12,25H,8-9H2,1H3,(H,19,22). The van der Waals surface area contributed by atoms with Gasteiger partial charge in [-0.2, -0.15) is 24.7 Å². The van der Waals surface area contributed by atoms with E-state index in [2.05, 4.69) is 141 Å². The molecule has 3 aliphatic rings. The topological polar surface area (TPSA) is 340 Å². The molecule has 4 aromatic carbocycles. The van der Waals surface area contributed by atoms with Crippen molar-refractivity contribution in [2.45, 2.75) is 42.4 Å². The molecule has 32 nitrogen and oxygen atoms in total. The molecule has 16 aromatic rings. The molecule has 0 radical (unpaired) electrons. The largest absolute Gasteiger partial charge is 0.491 e. The maximum atomic E-state index is 13.0. The Bertz CT molecular complexity index is 5860. The quantitative estimate of drug-likeness (QED) is 0.0395. The number of morpholine rings is 1. The Morgan fingerprint density at radius 3 is 1.27 bits per heavy atom. The van der Waals surface area contributed by atoms with E-state index in [0.29, 0.717) is 66.9 Å². The van der Waals surface area contributed by atoms with Gasteiger partial charge >= 0.3 is 0 Å². The second-order valence-electron chi connectivity index (χ2n) is 27.5. The van der Waals surface area contributed by atoms with Gasteiger partial charge in [-0.05, 0) is 135 Å². The van der Waals surface area contributed by atoms with E-state index in [9.17, 15) is 8.42 Å². The number of benzene rings is 4. The van der Waals surface area contributed by atoms with Crippen LogP contribution in [0.25, 0.3) is 67.6 Å². The Hall–Kier alpha value is -13.1. The van der Waals surface area contributed by atoms with Crippen LogP contribution in [0.15, 0.2) is 226 Å². The molecule has 12 aromatic heterocycles. The number of imidazole rings is 4. The molecule has 0 bridgehead atoms. The zero-order valence-corrected chi connectivity index (χ0v) is 63.5. The zero-order valence-electron chi connectivity index (χ0n) is 62.7. The zero-order chi connectivity index (χ0) is 77.2. The molecule has 3 aliphatic heterocycles. The second kappa shape index (κ2) is 33.7. The van der Waals surface area contributed by atoms with E-state index < -0.39 is 10.0 Å². The highest BCUT2D eigenvalue weighted by molar-refractivity contribution is 7.89. The third-order valence-corrected chi connectivity index (χ3v) is 21.7. The van der Waals surface area contributed by atoms with Gasteiger partial charge in [0, 0.05) is 167 Å². The van der Waals surface area contributed by atoms with Gasteiger partial charge in [0.2, 0.25) is 10.0 Å². The highest BCUT2D eigenvalue weighted by atomic mass is 32.2. The summed E-state index contributed by atoms with van der Waals surface area (Å²) < 4.78 is 53.1. The lowest BCUT2D eigenvalue weighted by molar-refractivity contribution is 0.0730. The summed E-state index contributed by atoms with van der Waals surface area (Å²) in [4.78, 5) is 36.3. The van der Waals surface area contributed by atoms with Crippen molar-refractivity contribution in [2.24, 2.45) is 28.2 Å². The maximum Gasteiger partial charge on any atom is 0.243 e. The van der Waals surface area contributed by atoms with Crippen molar-refractivity contribution in [1.29, 1.82) is 0 Å². The summed E-state index contributed by atoms with van der Waals surface area (Å²) in [6.45, 7) is 6.14. The normalized spacial score (nSPS) is 14.8. The van der Waals surface area contributed by atoms with Crippen LogP contribution in [0.5, 0.6) is 5.75 Å². The first kappa shape index (κ1) is 74.1. The molecule has 1 atom stereocenters. The Morgan fingerprint density at radius 2 is 0.867 bits per heavy atom. The summed E-state index contributed by atoms with van der Waals surface area (Å²) in [7, 11) is 3.98. The van der Waals surface area contributed by atoms with E-state index in [0.717, 1.165) is 117 Å². The molecule has 113 heavy (non-hydrogen) atoms. The minimum absolute atomic E-state index is 0.00886. The molecule has 1 unspecified atom stereocenters. The smallest absolute Gasteiger partial charge is 0.243 e. The number of anilines is 8. The molecule has 0 amide bonds. The molecule has 576 valence electrons. The van der Waals surface area contributed by atoms with Crippen LogP contribution < -0.4 is 36.6 Å². The van der Waals surface area contributed by atoms with E-state index in [1.165, 1.54) is 41.1 Å². The van der Waals surface area contributed by atoms with E-state index in [1.807, 2.05) is 157 Å². The third kappa shape index (κ3) is 16.8. The monoisotopic (exact) mass is 1540 g/mol. The number of aliphatic hydroxyl groups excluding tert-OH is 1. The minimum atomic E-state index is -3.59. The number of hydrogen-bond acceptors (Lipinski definition) is 23. The predicted molar refractivity (Wildman–Crippen MR) is 432 cm³/mol. The number of sulfonamides is 1. The Balaban J connectivity index is 0.000000114. The molecular weight excluding hydrogens is 1450 g/mol. The van der Waals surface area contributed by atoms with Crippen molar-refractivity contribution in [3.8, 4) is 50.8 Å². The summed E-state index contributed by atoms with van der Waals surface area (Å²) in [6, 6.07) is 31.5. The molecule has 15 heterocycles. The fourth-order valence-electron chi connectivity index (χ4n) is 14.1. The van der Waals surface area contributed by atoms with Crippen molar-refractivity contribution < 1.29 is 23.0 Å². The van der Waals surface area contributed by atoms with E-state index in [4.69, 9.17) is 14.6 Å². The summed E-state index contributed by atoms with van der Waals surface area (Å²) in [5, 5.41) is 46.1. The van der Waals surface area contributed by atoms with Crippen LogP contribution in [-0.2, 0) is 43.0 Å². The lowest BCUT2D eigenvalue weighted by atomic mass is 9.90. The molecule has 0 saturated carbocycles. The number of aromatic nitrogens is 20. The molecule has 0 aliphatic carbocycles. The summed E-state index contributed by atoms with van der Waals surface area (Å²) in [5.41, 5.74) is 17.1. The number of nitrogens with zero attached hydrogens (tertiary/aromatic N) is 21. The van der Waals surface area contributed by atoms with Crippen LogP contribution in [0.3, 0.4) is 0 Å². The summed E-state index contributed by atoms with van der Waals surface area (Å²) in [5.74, 6) is 4.58. The fourth-order valence-corrected chi connectivity index (χ4v) is 15.6. The first-order valence-corrected chi connectivity index (χ1v) is 38.7. The number of hydrogen-bond donors (Lipinski definition) is 7. The number of piperidine rings is 2. The lowest BCUT2D eigenvalue weighted by Gasteiger charge is -2.26. The molecule has 0 spiro atoms. The van der Waals surface area contributed by atoms with E-state index in [1.54, 1.807) is 80.2 Å². The molecule has 19 rings (SSSR count). The van der Waals surface area contributed by atoms with Gasteiger partial charge in [-0.3, -0.25) is 36.3 Å². The van der Waals surface area contributed by atoms with Gasteiger partial charge in [0.15, 0.2) is 45.9 Å². The van der Waals surface area contributed by atoms with Crippen LogP contribution in [-0.4, -0.2) is 180 Å². The van der Waals surface area contributed by atoms with Crippen molar-refractivity contribution in [2.75, 3.05) is 87.0 Å². The molecule has 3 fully saturated rings. The number of nitrogens with one attached hydrogen (secondary N) is 6. The van der Waals surface area contributed by atoms with Gasteiger partial charge in [0.25, 0.3) is 0 Å². The van der Waals surface area contributed by atoms with E-state index >= 15 is 0 Å². The highest BCUT2D eigenvalue weighted by Crippen LogP contribution is 2.34. The number of fused-ring (bicyclic) bond motifs is 4. The van der Waals surface area contributed by atoms with Crippen LogP contribution in [0.1, 0.15) is 48.6 Å². The van der Waals surface area contributed by atoms with Gasteiger partial charge in [-0.1, -0.05) is 30.3 Å². The first-order chi connectivity index (χ1) is 55.3. The van der Waals surface area contributed by atoms with Gasteiger partial charge in [0.05, 0.1) is 97.1 Å². The van der Waals surface area contributed by atoms with Gasteiger partial charge in [-0.15, -0.1) is 0 Å².